The molecule has 0 aromatic rings. The minimum absolute atomic E-state index is 0.00755. The first-order valence-corrected chi connectivity index (χ1v) is 9.93. The Labute approximate surface area is 168 Å². The maximum absolute atomic E-state index is 14.3. The summed E-state index contributed by atoms with van der Waals surface area (Å²) in [6, 6.07) is -0.748. The Hall–Kier alpha value is -1.64. The number of ether oxygens (including phenoxy) is 2. The van der Waals surface area contributed by atoms with Gasteiger partial charge in [-0.2, -0.15) is 0 Å². The summed E-state index contributed by atoms with van der Waals surface area (Å²) in [5, 5.41) is 7.10. The number of allylic oxidation sites excluding steroid dienone is 2. The number of hydrogen-bond donors (Lipinski definition) is 2. The molecule has 1 heterocycles. The fraction of sp³-hybridized carbons (Fsp3) is 0.750. The van der Waals surface area contributed by atoms with Gasteiger partial charge in [-0.05, 0) is 30.8 Å². The Kier molecular flexibility index (Phi) is 11.1. The minimum Gasteiger partial charge on any atom is -0.464 e. The highest BCUT2D eigenvalue weighted by atomic mass is 19.1. The van der Waals surface area contributed by atoms with E-state index in [1.807, 2.05) is 37.0 Å². The van der Waals surface area contributed by atoms with E-state index in [1.165, 1.54) is 7.11 Å². The lowest BCUT2D eigenvalue weighted by atomic mass is 10.1. The summed E-state index contributed by atoms with van der Waals surface area (Å²) in [5.41, 5.74) is 7.08. The van der Waals surface area contributed by atoms with Gasteiger partial charge >= 0.3 is 5.97 Å². The van der Waals surface area contributed by atoms with Gasteiger partial charge in [-0.3, -0.25) is 9.80 Å². The van der Waals surface area contributed by atoms with Gasteiger partial charge in [-0.15, -0.1) is 0 Å². The van der Waals surface area contributed by atoms with Crippen molar-refractivity contribution in [1.82, 2.24) is 15.3 Å². The van der Waals surface area contributed by atoms with Gasteiger partial charge in [0.05, 0.1) is 19.8 Å². The molecule has 0 fully saturated rings. The van der Waals surface area contributed by atoms with Crippen LogP contribution in [0.4, 0.5) is 4.39 Å². The quantitative estimate of drug-likeness (QED) is 0.361. The molecule has 0 aromatic carbocycles. The molecule has 0 aliphatic carbocycles. The van der Waals surface area contributed by atoms with E-state index in [0.717, 1.165) is 30.8 Å². The van der Waals surface area contributed by atoms with E-state index in [-0.39, 0.29) is 19.1 Å². The molecule has 3 N–H and O–H groups in total. The zero-order chi connectivity index (χ0) is 21.1. The number of nitrogens with zero attached hydrogens (tertiary/aromatic N) is 2. The Morgan fingerprint density at radius 2 is 2.14 bits per heavy atom. The fourth-order valence-corrected chi connectivity index (χ4v) is 2.97. The molecule has 0 saturated heterocycles. The normalized spacial score (nSPS) is 16.7. The molecule has 1 rings (SSSR count). The number of hydrazine groups is 1. The lowest BCUT2D eigenvalue weighted by Gasteiger charge is -2.38. The van der Waals surface area contributed by atoms with E-state index in [4.69, 9.17) is 15.2 Å². The number of esters is 1. The number of nitrogens with two attached hydrogens (primary N) is 1. The largest absolute Gasteiger partial charge is 0.464 e. The Balaban J connectivity index is 2.80. The number of methoxy groups -OCH3 is 1. The molecule has 2 atom stereocenters. The van der Waals surface area contributed by atoms with Crippen LogP contribution in [0.25, 0.3) is 0 Å². The standard InChI is InChI=1S/C20H37FN4O3/c1-6-16-8-7-10-23-19(16)24(4)25(12-17(21)14-27-5)11-9-18(22)20(26)28-13-15(2)3/h6,15,17-18,23H,1,7-14,22H2,2-5H3/t17-,18-/m0/s1. The summed E-state index contributed by atoms with van der Waals surface area (Å²) in [6.45, 7) is 9.56. The third-order valence-electron chi connectivity index (χ3n) is 4.53. The highest BCUT2D eigenvalue weighted by molar-refractivity contribution is 5.75. The van der Waals surface area contributed by atoms with Crippen molar-refractivity contribution in [2.45, 2.75) is 45.3 Å². The Bertz CT molecular complexity index is 528. The Morgan fingerprint density at radius 3 is 2.75 bits per heavy atom. The SMILES string of the molecule is C=CC1=C(N(C)N(CC[C@H](N)C(=O)OCC(C)C)C[C@H](F)COC)NCCC1. The van der Waals surface area contributed by atoms with Gasteiger partial charge in [0.2, 0.25) is 0 Å². The number of halogens is 1. The summed E-state index contributed by atoms with van der Waals surface area (Å²) in [7, 11) is 3.35. The van der Waals surface area contributed by atoms with E-state index in [1.54, 1.807) is 0 Å². The summed E-state index contributed by atoms with van der Waals surface area (Å²) < 4.78 is 24.4. The van der Waals surface area contributed by atoms with Gasteiger partial charge in [-0.25, -0.2) is 9.40 Å². The van der Waals surface area contributed by atoms with Crippen LogP contribution in [0.15, 0.2) is 24.0 Å². The molecule has 1 aliphatic heterocycles. The number of nitrogens with one attached hydrogen (secondary N) is 1. The maximum atomic E-state index is 14.3. The molecule has 1 aliphatic rings. The van der Waals surface area contributed by atoms with Crippen LogP contribution in [-0.4, -0.2) is 75.2 Å². The third kappa shape index (κ3) is 8.16. The molecule has 0 radical (unpaired) electrons. The number of carbonyl (C=O) groups is 1. The molecular formula is C20H37FN4O3. The number of carbonyl (C=O) groups excluding carboxylic acids is 1. The second-order valence-corrected chi connectivity index (χ2v) is 7.52. The molecule has 7 nitrogen and oxygen atoms in total. The van der Waals surface area contributed by atoms with Gasteiger partial charge in [0.25, 0.3) is 0 Å². The number of alkyl halides is 1. The van der Waals surface area contributed by atoms with Crippen LogP contribution in [0, 0.1) is 5.92 Å². The highest BCUT2D eigenvalue weighted by Crippen LogP contribution is 2.20. The van der Waals surface area contributed by atoms with Crippen LogP contribution < -0.4 is 11.1 Å². The Morgan fingerprint density at radius 1 is 1.43 bits per heavy atom. The second-order valence-electron chi connectivity index (χ2n) is 7.52. The van der Waals surface area contributed by atoms with Crippen molar-refractivity contribution in [3.63, 3.8) is 0 Å². The molecule has 0 bridgehead atoms. The summed E-state index contributed by atoms with van der Waals surface area (Å²) in [5.74, 6) is 0.732. The van der Waals surface area contributed by atoms with Crippen molar-refractivity contribution in [2.75, 3.05) is 47.0 Å². The zero-order valence-electron chi connectivity index (χ0n) is 17.7. The summed E-state index contributed by atoms with van der Waals surface area (Å²) in [4.78, 5) is 12.0. The van der Waals surface area contributed by atoms with E-state index < -0.39 is 18.2 Å². The molecule has 0 spiro atoms. The van der Waals surface area contributed by atoms with Crippen molar-refractivity contribution in [3.8, 4) is 0 Å². The fourth-order valence-electron chi connectivity index (χ4n) is 2.97. The molecule has 8 heteroatoms. The van der Waals surface area contributed by atoms with Gasteiger partial charge in [0.15, 0.2) is 0 Å². The molecular weight excluding hydrogens is 363 g/mol. The lowest BCUT2D eigenvalue weighted by molar-refractivity contribution is -0.146. The topological polar surface area (TPSA) is 80.1 Å². The van der Waals surface area contributed by atoms with E-state index >= 15 is 0 Å². The van der Waals surface area contributed by atoms with Crippen LogP contribution in [0.3, 0.4) is 0 Å². The molecule has 162 valence electrons. The minimum atomic E-state index is -1.16. The first kappa shape index (κ1) is 24.4. The molecule has 0 aromatic heterocycles. The average Bonchev–Trinajstić information content (AvgIpc) is 2.68. The van der Waals surface area contributed by atoms with Crippen molar-refractivity contribution >= 4 is 5.97 Å². The van der Waals surface area contributed by atoms with Gasteiger partial charge in [0.1, 0.15) is 18.0 Å². The van der Waals surface area contributed by atoms with Crippen molar-refractivity contribution in [1.29, 1.82) is 0 Å². The lowest BCUT2D eigenvalue weighted by Crippen LogP contribution is -2.49. The smallest absolute Gasteiger partial charge is 0.322 e. The van der Waals surface area contributed by atoms with E-state index in [0.29, 0.717) is 19.6 Å². The number of rotatable bonds is 13. The van der Waals surface area contributed by atoms with Crippen LogP contribution in [0.2, 0.25) is 0 Å². The zero-order valence-corrected chi connectivity index (χ0v) is 17.7. The van der Waals surface area contributed by atoms with Crippen LogP contribution in [0.5, 0.6) is 0 Å². The van der Waals surface area contributed by atoms with Crippen LogP contribution >= 0.6 is 0 Å². The van der Waals surface area contributed by atoms with E-state index in [2.05, 4.69) is 11.9 Å². The van der Waals surface area contributed by atoms with Crippen molar-refractivity contribution in [2.24, 2.45) is 11.7 Å². The van der Waals surface area contributed by atoms with E-state index in [9.17, 15) is 9.18 Å². The maximum Gasteiger partial charge on any atom is 0.322 e. The molecule has 28 heavy (non-hydrogen) atoms. The van der Waals surface area contributed by atoms with Crippen LogP contribution in [0.1, 0.15) is 33.1 Å². The first-order valence-electron chi connectivity index (χ1n) is 9.93. The van der Waals surface area contributed by atoms with Gasteiger partial charge < -0.3 is 20.5 Å². The van der Waals surface area contributed by atoms with Gasteiger partial charge in [-0.1, -0.05) is 26.5 Å². The average molecular weight is 401 g/mol. The molecule has 0 saturated carbocycles. The van der Waals surface area contributed by atoms with Crippen molar-refractivity contribution in [3.05, 3.63) is 24.0 Å². The third-order valence-corrected chi connectivity index (χ3v) is 4.53. The predicted octanol–water partition coefficient (Wildman–Crippen LogP) is 1.82. The van der Waals surface area contributed by atoms with Crippen LogP contribution in [-0.2, 0) is 14.3 Å². The van der Waals surface area contributed by atoms with Crippen molar-refractivity contribution < 1.29 is 18.7 Å². The highest BCUT2D eigenvalue weighted by Gasteiger charge is 2.24. The number of hydrogen-bond acceptors (Lipinski definition) is 7. The summed E-state index contributed by atoms with van der Waals surface area (Å²) in [6.07, 6.45) is 2.97. The first-order chi connectivity index (χ1) is 13.3. The predicted molar refractivity (Wildman–Crippen MR) is 109 cm³/mol. The molecule has 0 unspecified atom stereocenters. The summed E-state index contributed by atoms with van der Waals surface area (Å²) >= 11 is 0. The van der Waals surface area contributed by atoms with Gasteiger partial charge in [0, 0.05) is 27.2 Å². The molecule has 0 amide bonds. The monoisotopic (exact) mass is 400 g/mol. The second kappa shape index (κ2) is 12.7.